The summed E-state index contributed by atoms with van der Waals surface area (Å²) >= 11 is 0. The van der Waals surface area contributed by atoms with Gasteiger partial charge in [-0.1, -0.05) is 31.5 Å². The molecule has 1 aliphatic rings. The molecule has 1 aromatic carbocycles. The second-order valence-corrected chi connectivity index (χ2v) is 8.57. The first-order valence-electron chi connectivity index (χ1n) is 10.9. The lowest BCUT2D eigenvalue weighted by Crippen LogP contribution is -2.51. The van der Waals surface area contributed by atoms with E-state index in [4.69, 9.17) is 0 Å². The summed E-state index contributed by atoms with van der Waals surface area (Å²) in [5.41, 5.74) is 2.21. The Bertz CT molecular complexity index is 1210. The van der Waals surface area contributed by atoms with Crippen molar-refractivity contribution >= 4 is 23.0 Å². The van der Waals surface area contributed by atoms with Gasteiger partial charge in [0, 0.05) is 44.5 Å². The van der Waals surface area contributed by atoms with Crippen LogP contribution in [0.3, 0.4) is 0 Å². The number of amides is 2. The summed E-state index contributed by atoms with van der Waals surface area (Å²) in [6.07, 6.45) is 1.62. The topological polar surface area (TPSA) is 88.4 Å². The predicted molar refractivity (Wildman–Crippen MR) is 122 cm³/mol. The van der Waals surface area contributed by atoms with Crippen LogP contribution in [0.5, 0.6) is 0 Å². The van der Waals surface area contributed by atoms with Gasteiger partial charge in [-0.15, -0.1) is 0 Å². The number of hydrogen-bond donors (Lipinski definition) is 0. The van der Waals surface area contributed by atoms with Crippen LogP contribution in [0, 0.1) is 12.8 Å². The van der Waals surface area contributed by atoms with Crippen LogP contribution in [-0.2, 0) is 6.54 Å². The zero-order valence-electron chi connectivity index (χ0n) is 18.6. The van der Waals surface area contributed by atoms with Gasteiger partial charge in [-0.25, -0.2) is 9.97 Å². The summed E-state index contributed by atoms with van der Waals surface area (Å²) < 4.78 is 1.54. The molecule has 3 aromatic rings. The Kier molecular flexibility index (Phi) is 6.03. The number of hydrogen-bond acceptors (Lipinski definition) is 5. The van der Waals surface area contributed by atoms with Crippen molar-refractivity contribution in [2.75, 3.05) is 26.2 Å². The van der Waals surface area contributed by atoms with Gasteiger partial charge >= 0.3 is 0 Å². The van der Waals surface area contributed by atoms with Gasteiger partial charge in [0.25, 0.3) is 17.4 Å². The highest BCUT2D eigenvalue weighted by atomic mass is 16.2. The van der Waals surface area contributed by atoms with Crippen LogP contribution in [0.1, 0.15) is 40.3 Å². The highest BCUT2D eigenvalue weighted by molar-refractivity contribution is 5.95. The molecule has 4 rings (SSSR count). The van der Waals surface area contributed by atoms with E-state index in [9.17, 15) is 14.4 Å². The molecule has 1 aliphatic heterocycles. The Morgan fingerprint density at radius 1 is 0.969 bits per heavy atom. The fraction of sp³-hybridized carbons (Fsp3) is 0.375. The number of piperazine rings is 1. The second kappa shape index (κ2) is 8.90. The number of rotatable bonds is 4. The lowest BCUT2D eigenvalue weighted by molar-refractivity contribution is 0.0531. The van der Waals surface area contributed by atoms with Crippen LogP contribution in [0.4, 0.5) is 0 Å². The molecule has 0 unspecified atom stereocenters. The van der Waals surface area contributed by atoms with Crippen molar-refractivity contribution in [3.63, 3.8) is 0 Å². The molecule has 8 heteroatoms. The average molecular weight is 434 g/mol. The first-order valence-corrected chi connectivity index (χ1v) is 10.9. The zero-order chi connectivity index (χ0) is 22.8. The number of aryl methyl sites for hydroxylation is 1. The Labute approximate surface area is 186 Å². The Hall–Kier alpha value is -3.55. The van der Waals surface area contributed by atoms with Crippen LogP contribution in [-0.4, -0.2) is 62.3 Å². The van der Waals surface area contributed by atoms with E-state index in [0.717, 1.165) is 5.56 Å². The number of pyridine rings is 1. The molecule has 2 amide bonds. The quantitative estimate of drug-likeness (QED) is 0.630. The summed E-state index contributed by atoms with van der Waals surface area (Å²) in [7, 11) is 0. The molecule has 1 fully saturated rings. The van der Waals surface area contributed by atoms with Crippen molar-refractivity contribution < 1.29 is 9.59 Å². The fourth-order valence-corrected chi connectivity index (χ4v) is 3.89. The van der Waals surface area contributed by atoms with Gasteiger partial charge in [0.15, 0.2) is 11.3 Å². The molecule has 0 aliphatic carbocycles. The average Bonchev–Trinajstić information content (AvgIpc) is 2.80. The van der Waals surface area contributed by atoms with Crippen LogP contribution in [0.25, 0.3) is 11.2 Å². The third-order valence-electron chi connectivity index (χ3n) is 5.60. The number of aromatic nitrogens is 3. The van der Waals surface area contributed by atoms with E-state index in [1.165, 1.54) is 4.57 Å². The monoisotopic (exact) mass is 433 g/mol. The summed E-state index contributed by atoms with van der Waals surface area (Å²) in [5, 5.41) is 0. The minimum absolute atomic E-state index is 0.0497. The lowest BCUT2D eigenvalue weighted by Gasteiger charge is -2.34. The minimum atomic E-state index is -0.423. The van der Waals surface area contributed by atoms with Crippen molar-refractivity contribution in [3.8, 4) is 0 Å². The maximum Gasteiger partial charge on any atom is 0.283 e. The van der Waals surface area contributed by atoms with Gasteiger partial charge in [0.2, 0.25) is 0 Å². The molecule has 0 atom stereocenters. The van der Waals surface area contributed by atoms with Crippen LogP contribution in [0.15, 0.2) is 47.4 Å². The Morgan fingerprint density at radius 2 is 1.59 bits per heavy atom. The molecule has 3 heterocycles. The van der Waals surface area contributed by atoms with Crippen LogP contribution >= 0.6 is 0 Å². The number of carbonyl (C=O) groups excluding carboxylic acids is 2. The lowest BCUT2D eigenvalue weighted by atomic mass is 10.1. The SMILES string of the molecule is Cc1ccc(C(=O)N2CCN(C(=O)c3nc4cccnc4n(CC(C)C)c3=O)CC2)cc1. The molecule has 0 radical (unpaired) electrons. The number of carbonyl (C=O) groups is 2. The second-order valence-electron chi connectivity index (χ2n) is 8.57. The van der Waals surface area contributed by atoms with Crippen LogP contribution < -0.4 is 5.56 Å². The van der Waals surface area contributed by atoms with Crippen molar-refractivity contribution in [2.24, 2.45) is 5.92 Å². The third kappa shape index (κ3) is 4.26. The third-order valence-corrected chi connectivity index (χ3v) is 5.60. The standard InChI is InChI=1S/C24H27N5O3/c1-16(2)15-29-21-19(5-4-10-25-21)26-20(24(29)32)23(31)28-13-11-27(12-14-28)22(30)18-8-6-17(3)7-9-18/h4-10,16H,11-15H2,1-3H3. The largest absolute Gasteiger partial charge is 0.335 e. The molecule has 0 saturated carbocycles. The summed E-state index contributed by atoms with van der Waals surface area (Å²) in [6.45, 7) is 7.97. The van der Waals surface area contributed by atoms with E-state index in [1.54, 1.807) is 28.1 Å². The van der Waals surface area contributed by atoms with E-state index in [2.05, 4.69) is 9.97 Å². The molecule has 2 aromatic heterocycles. The van der Waals surface area contributed by atoms with Gasteiger partial charge < -0.3 is 9.80 Å². The smallest absolute Gasteiger partial charge is 0.283 e. The number of nitrogens with zero attached hydrogens (tertiary/aromatic N) is 5. The molecule has 32 heavy (non-hydrogen) atoms. The van der Waals surface area contributed by atoms with E-state index in [0.29, 0.717) is 49.5 Å². The highest BCUT2D eigenvalue weighted by Gasteiger charge is 2.28. The minimum Gasteiger partial charge on any atom is -0.335 e. The van der Waals surface area contributed by atoms with E-state index in [1.807, 2.05) is 45.0 Å². The Balaban J connectivity index is 1.54. The van der Waals surface area contributed by atoms with E-state index >= 15 is 0 Å². The Morgan fingerprint density at radius 3 is 2.22 bits per heavy atom. The molecule has 1 saturated heterocycles. The molecule has 0 N–H and O–H groups in total. The zero-order valence-corrected chi connectivity index (χ0v) is 18.6. The maximum absolute atomic E-state index is 13.2. The van der Waals surface area contributed by atoms with Gasteiger partial charge in [0.1, 0.15) is 5.52 Å². The van der Waals surface area contributed by atoms with E-state index < -0.39 is 11.5 Å². The maximum atomic E-state index is 13.2. The van der Waals surface area contributed by atoms with Gasteiger partial charge in [-0.2, -0.15) is 0 Å². The summed E-state index contributed by atoms with van der Waals surface area (Å²) in [5.74, 6) is -0.244. The van der Waals surface area contributed by atoms with Gasteiger partial charge in [0.05, 0.1) is 0 Å². The van der Waals surface area contributed by atoms with Crippen molar-refractivity contribution in [3.05, 3.63) is 69.8 Å². The van der Waals surface area contributed by atoms with Crippen molar-refractivity contribution in [1.82, 2.24) is 24.3 Å². The number of fused-ring (bicyclic) bond motifs is 1. The molecule has 0 bridgehead atoms. The predicted octanol–water partition coefficient (Wildman–Crippen LogP) is 2.35. The fourth-order valence-electron chi connectivity index (χ4n) is 3.89. The summed E-state index contributed by atoms with van der Waals surface area (Å²) in [6, 6.07) is 11.0. The van der Waals surface area contributed by atoms with Gasteiger partial charge in [-0.3, -0.25) is 19.0 Å². The molecule has 8 nitrogen and oxygen atoms in total. The van der Waals surface area contributed by atoms with E-state index in [-0.39, 0.29) is 17.5 Å². The summed E-state index contributed by atoms with van der Waals surface area (Å²) in [4.78, 5) is 51.1. The molecule has 0 spiro atoms. The number of benzene rings is 1. The normalized spacial score (nSPS) is 14.2. The highest BCUT2D eigenvalue weighted by Crippen LogP contribution is 2.14. The van der Waals surface area contributed by atoms with Crippen molar-refractivity contribution in [2.45, 2.75) is 27.3 Å². The van der Waals surface area contributed by atoms with Gasteiger partial charge in [-0.05, 0) is 37.1 Å². The molecule has 166 valence electrons. The first kappa shape index (κ1) is 21.7. The molecular formula is C24H27N5O3. The first-order chi connectivity index (χ1) is 15.3. The van der Waals surface area contributed by atoms with Crippen molar-refractivity contribution in [1.29, 1.82) is 0 Å². The van der Waals surface area contributed by atoms with Crippen LogP contribution in [0.2, 0.25) is 0 Å². The molecular weight excluding hydrogens is 406 g/mol.